The van der Waals surface area contributed by atoms with Gasteiger partial charge in [0.2, 0.25) is 0 Å². The van der Waals surface area contributed by atoms with Gasteiger partial charge in [-0.15, -0.1) is 0 Å². The minimum absolute atomic E-state index is 0.456. The fraction of sp³-hybridized carbons (Fsp3) is 0.286. The maximum absolute atomic E-state index is 10.6. The van der Waals surface area contributed by atoms with Gasteiger partial charge in [0, 0.05) is 5.39 Å². The number of fused-ring (bicyclic) bond motifs is 1. The van der Waals surface area contributed by atoms with Crippen molar-refractivity contribution in [3.8, 4) is 5.75 Å². The van der Waals surface area contributed by atoms with Gasteiger partial charge in [-0.2, -0.15) is 0 Å². The molecule has 1 aromatic heterocycles. The van der Waals surface area contributed by atoms with Gasteiger partial charge in [0.15, 0.2) is 6.29 Å². The molecular weight excluding hydrogens is 214 g/mol. The number of rotatable bonds is 5. The largest absolute Gasteiger partial charge is 0.494 e. The minimum atomic E-state index is 0.456. The predicted molar refractivity (Wildman–Crippen MR) is 67.5 cm³/mol. The van der Waals surface area contributed by atoms with Crippen LogP contribution in [0.15, 0.2) is 30.3 Å². The van der Waals surface area contributed by atoms with Crippen LogP contribution in [-0.4, -0.2) is 17.9 Å². The zero-order valence-electron chi connectivity index (χ0n) is 9.85. The Morgan fingerprint density at radius 2 is 2.18 bits per heavy atom. The lowest BCUT2D eigenvalue weighted by Gasteiger charge is -2.06. The molecule has 3 heteroatoms. The highest BCUT2D eigenvalue weighted by Crippen LogP contribution is 2.19. The third-order valence-electron chi connectivity index (χ3n) is 2.57. The molecule has 2 rings (SSSR count). The Kier molecular flexibility index (Phi) is 3.70. The summed E-state index contributed by atoms with van der Waals surface area (Å²) in [5, 5.41) is 0.990. The quantitative estimate of drug-likeness (QED) is 0.583. The van der Waals surface area contributed by atoms with E-state index in [9.17, 15) is 4.79 Å². The molecule has 1 heterocycles. The summed E-state index contributed by atoms with van der Waals surface area (Å²) in [6.07, 6.45) is 2.93. The summed E-state index contributed by atoms with van der Waals surface area (Å²) in [6.45, 7) is 2.87. The number of carbonyl (C=O) groups is 1. The van der Waals surface area contributed by atoms with Crippen LogP contribution < -0.4 is 4.74 Å². The van der Waals surface area contributed by atoms with E-state index in [1.54, 1.807) is 6.07 Å². The second-order valence-corrected chi connectivity index (χ2v) is 3.91. The van der Waals surface area contributed by atoms with Crippen LogP contribution in [0.1, 0.15) is 30.3 Å². The van der Waals surface area contributed by atoms with E-state index in [4.69, 9.17) is 4.74 Å². The summed E-state index contributed by atoms with van der Waals surface area (Å²) < 4.78 is 5.61. The lowest BCUT2D eigenvalue weighted by molar-refractivity contribution is 0.111. The number of unbranched alkanes of at least 4 members (excludes halogenated alkanes) is 1. The van der Waals surface area contributed by atoms with Crippen molar-refractivity contribution in [1.82, 2.24) is 4.98 Å². The summed E-state index contributed by atoms with van der Waals surface area (Å²) in [7, 11) is 0. The summed E-state index contributed by atoms with van der Waals surface area (Å²) in [4.78, 5) is 14.8. The lowest BCUT2D eigenvalue weighted by atomic mass is 10.2. The molecule has 0 N–H and O–H groups in total. The van der Waals surface area contributed by atoms with Gasteiger partial charge in [-0.05, 0) is 30.7 Å². The van der Waals surface area contributed by atoms with Gasteiger partial charge in [-0.3, -0.25) is 4.79 Å². The molecule has 2 aromatic rings. The predicted octanol–water partition coefficient (Wildman–Crippen LogP) is 3.23. The molecule has 0 fully saturated rings. The first-order chi connectivity index (χ1) is 8.33. The number of nitrogens with zero attached hydrogens (tertiary/aromatic N) is 1. The van der Waals surface area contributed by atoms with E-state index in [2.05, 4.69) is 11.9 Å². The first-order valence-corrected chi connectivity index (χ1v) is 5.82. The van der Waals surface area contributed by atoms with Crippen LogP contribution in [0.2, 0.25) is 0 Å². The van der Waals surface area contributed by atoms with Gasteiger partial charge in [0.1, 0.15) is 11.4 Å². The average molecular weight is 229 g/mol. The number of aromatic nitrogens is 1. The van der Waals surface area contributed by atoms with Gasteiger partial charge in [0.05, 0.1) is 12.1 Å². The van der Waals surface area contributed by atoms with Crippen LogP contribution in [-0.2, 0) is 0 Å². The molecule has 0 amide bonds. The molecule has 0 saturated heterocycles. The molecule has 0 spiro atoms. The fourth-order valence-electron chi connectivity index (χ4n) is 1.61. The first kappa shape index (κ1) is 11.6. The van der Waals surface area contributed by atoms with Gasteiger partial charge in [-0.1, -0.05) is 19.4 Å². The van der Waals surface area contributed by atoms with Crippen molar-refractivity contribution in [2.45, 2.75) is 19.8 Å². The Morgan fingerprint density at radius 3 is 2.94 bits per heavy atom. The zero-order chi connectivity index (χ0) is 12.1. The number of benzene rings is 1. The van der Waals surface area contributed by atoms with Crippen molar-refractivity contribution < 1.29 is 9.53 Å². The monoisotopic (exact) mass is 229 g/mol. The summed E-state index contributed by atoms with van der Waals surface area (Å²) in [6, 6.07) is 9.32. The molecule has 0 radical (unpaired) electrons. The SMILES string of the molecule is CCCCOc1ccc2nc(C=O)ccc2c1. The van der Waals surface area contributed by atoms with Crippen molar-refractivity contribution in [1.29, 1.82) is 0 Å². The van der Waals surface area contributed by atoms with E-state index in [0.29, 0.717) is 5.69 Å². The Balaban J connectivity index is 2.22. The van der Waals surface area contributed by atoms with Crippen LogP contribution in [0.5, 0.6) is 5.75 Å². The summed E-state index contributed by atoms with van der Waals surface area (Å²) in [5.74, 6) is 0.853. The lowest BCUT2D eigenvalue weighted by Crippen LogP contribution is -1.96. The average Bonchev–Trinajstić information content (AvgIpc) is 2.38. The highest BCUT2D eigenvalue weighted by atomic mass is 16.5. The normalized spacial score (nSPS) is 10.4. The molecule has 17 heavy (non-hydrogen) atoms. The van der Waals surface area contributed by atoms with E-state index in [0.717, 1.165) is 42.4 Å². The second kappa shape index (κ2) is 5.43. The van der Waals surface area contributed by atoms with Gasteiger partial charge in [-0.25, -0.2) is 4.98 Å². The van der Waals surface area contributed by atoms with Crippen molar-refractivity contribution in [3.63, 3.8) is 0 Å². The molecule has 0 saturated carbocycles. The summed E-state index contributed by atoms with van der Waals surface area (Å²) in [5.41, 5.74) is 1.27. The zero-order valence-corrected chi connectivity index (χ0v) is 9.85. The van der Waals surface area contributed by atoms with Crippen molar-refractivity contribution >= 4 is 17.2 Å². The maximum atomic E-state index is 10.6. The molecule has 3 nitrogen and oxygen atoms in total. The minimum Gasteiger partial charge on any atom is -0.494 e. The third kappa shape index (κ3) is 2.81. The second-order valence-electron chi connectivity index (χ2n) is 3.91. The van der Waals surface area contributed by atoms with Crippen molar-refractivity contribution in [2.75, 3.05) is 6.61 Å². The fourth-order valence-corrected chi connectivity index (χ4v) is 1.61. The van der Waals surface area contributed by atoms with Crippen LogP contribution in [0.25, 0.3) is 10.9 Å². The third-order valence-corrected chi connectivity index (χ3v) is 2.57. The van der Waals surface area contributed by atoms with E-state index in [1.165, 1.54) is 0 Å². The topological polar surface area (TPSA) is 39.2 Å². The standard InChI is InChI=1S/C14H15NO2/c1-2-3-8-17-13-6-7-14-11(9-13)4-5-12(10-16)15-14/h4-7,9-10H,2-3,8H2,1H3. The molecule has 88 valence electrons. The van der Waals surface area contributed by atoms with Gasteiger partial charge >= 0.3 is 0 Å². The van der Waals surface area contributed by atoms with Crippen LogP contribution in [0, 0.1) is 0 Å². The summed E-state index contributed by atoms with van der Waals surface area (Å²) >= 11 is 0. The molecule has 0 unspecified atom stereocenters. The van der Waals surface area contributed by atoms with E-state index < -0.39 is 0 Å². The Bertz CT molecular complexity index is 523. The highest BCUT2D eigenvalue weighted by Gasteiger charge is 2.00. The van der Waals surface area contributed by atoms with Crippen LogP contribution >= 0.6 is 0 Å². The number of ether oxygens (including phenoxy) is 1. The van der Waals surface area contributed by atoms with Crippen molar-refractivity contribution in [2.24, 2.45) is 0 Å². The molecule has 0 aliphatic rings. The van der Waals surface area contributed by atoms with E-state index >= 15 is 0 Å². The Morgan fingerprint density at radius 1 is 1.29 bits per heavy atom. The van der Waals surface area contributed by atoms with Gasteiger partial charge in [0.25, 0.3) is 0 Å². The van der Waals surface area contributed by atoms with Crippen molar-refractivity contribution in [3.05, 3.63) is 36.0 Å². The van der Waals surface area contributed by atoms with E-state index in [1.807, 2.05) is 24.3 Å². The number of aldehydes is 1. The van der Waals surface area contributed by atoms with E-state index in [-0.39, 0.29) is 0 Å². The number of carbonyl (C=O) groups excluding carboxylic acids is 1. The molecule has 0 atom stereocenters. The number of hydrogen-bond acceptors (Lipinski definition) is 3. The molecule has 0 aliphatic carbocycles. The number of pyridine rings is 1. The van der Waals surface area contributed by atoms with Crippen LogP contribution in [0.4, 0.5) is 0 Å². The highest BCUT2D eigenvalue weighted by molar-refractivity contribution is 5.84. The van der Waals surface area contributed by atoms with Gasteiger partial charge < -0.3 is 4.74 Å². The van der Waals surface area contributed by atoms with Crippen LogP contribution in [0.3, 0.4) is 0 Å². The number of hydrogen-bond donors (Lipinski definition) is 0. The molecule has 1 aromatic carbocycles. The Labute approximate surface area is 100 Å². The smallest absolute Gasteiger partial charge is 0.168 e. The molecular formula is C14H15NO2. The molecule has 0 aliphatic heterocycles. The Hall–Kier alpha value is -1.90. The molecule has 0 bridgehead atoms. The first-order valence-electron chi connectivity index (χ1n) is 5.82. The maximum Gasteiger partial charge on any atom is 0.168 e.